The highest BCUT2D eigenvalue weighted by Gasteiger charge is 1.99. The maximum Gasteiger partial charge on any atom is 0.116 e. The first-order valence-electron chi connectivity index (χ1n) is 3.08. The number of hydrogen-bond donors (Lipinski definition) is 3. The van der Waals surface area contributed by atoms with E-state index >= 15 is 0 Å². The zero-order valence-corrected chi connectivity index (χ0v) is 6.47. The van der Waals surface area contributed by atoms with Crippen LogP contribution in [0.25, 0.3) is 0 Å². The van der Waals surface area contributed by atoms with Gasteiger partial charge in [-0.3, -0.25) is 0 Å². The molecule has 0 fully saturated rings. The zero-order chi connectivity index (χ0) is 8.27. The van der Waals surface area contributed by atoms with E-state index in [2.05, 4.69) is 0 Å². The average Bonchev–Trinajstić information content (AvgIpc) is 1.98. The predicted molar refractivity (Wildman–Crippen MR) is 41.7 cm³/mol. The van der Waals surface area contributed by atoms with Crippen molar-refractivity contribution in [1.29, 1.82) is 0 Å². The third-order valence-electron chi connectivity index (χ3n) is 1.30. The van der Waals surface area contributed by atoms with E-state index in [9.17, 15) is 0 Å². The van der Waals surface area contributed by atoms with Crippen molar-refractivity contribution in [1.82, 2.24) is 5.48 Å². The van der Waals surface area contributed by atoms with Crippen molar-refractivity contribution in [3.63, 3.8) is 0 Å². The lowest BCUT2D eigenvalue weighted by Gasteiger charge is -2.02. The first-order valence-corrected chi connectivity index (χ1v) is 3.46. The van der Waals surface area contributed by atoms with E-state index in [1.54, 1.807) is 6.07 Å². The number of halogens is 1. The van der Waals surface area contributed by atoms with E-state index in [0.717, 1.165) is 0 Å². The molecule has 1 aromatic carbocycles. The lowest BCUT2D eigenvalue weighted by molar-refractivity contribution is 0.161. The van der Waals surface area contributed by atoms with Crippen LogP contribution in [0.4, 0.5) is 0 Å². The predicted octanol–water partition coefficient (Wildman–Crippen LogP) is 1.52. The summed E-state index contributed by atoms with van der Waals surface area (Å²) in [6.07, 6.45) is 0. The molecule has 0 aliphatic carbocycles. The fourth-order valence-corrected chi connectivity index (χ4v) is 0.966. The molecule has 0 bridgehead atoms. The molecule has 60 valence electrons. The Bertz CT molecular complexity index is 252. The van der Waals surface area contributed by atoms with E-state index in [-0.39, 0.29) is 12.3 Å². The van der Waals surface area contributed by atoms with Gasteiger partial charge in [0.25, 0.3) is 0 Å². The number of benzene rings is 1. The van der Waals surface area contributed by atoms with Crippen LogP contribution in [0.1, 0.15) is 5.56 Å². The van der Waals surface area contributed by atoms with Gasteiger partial charge in [0.05, 0.1) is 0 Å². The van der Waals surface area contributed by atoms with Crippen molar-refractivity contribution < 1.29 is 10.3 Å². The fraction of sp³-hybridized carbons (Fsp3) is 0.143. The molecule has 0 aliphatic rings. The molecule has 0 spiro atoms. The van der Waals surface area contributed by atoms with Crippen molar-refractivity contribution in [3.05, 3.63) is 28.8 Å². The Morgan fingerprint density at radius 2 is 2.18 bits per heavy atom. The molecule has 0 saturated carbocycles. The molecule has 0 aromatic heterocycles. The van der Waals surface area contributed by atoms with Gasteiger partial charge in [-0.25, -0.2) is 5.48 Å². The quantitative estimate of drug-likeness (QED) is 0.595. The van der Waals surface area contributed by atoms with Crippen molar-refractivity contribution in [2.75, 3.05) is 0 Å². The van der Waals surface area contributed by atoms with Gasteiger partial charge < -0.3 is 10.3 Å². The molecule has 0 saturated heterocycles. The fourth-order valence-electron chi connectivity index (χ4n) is 0.782. The lowest BCUT2D eigenvalue weighted by atomic mass is 10.2. The highest BCUT2D eigenvalue weighted by Crippen LogP contribution is 2.20. The van der Waals surface area contributed by atoms with Crippen molar-refractivity contribution in [2.24, 2.45) is 0 Å². The maximum atomic E-state index is 9.00. The Kier molecular flexibility index (Phi) is 2.70. The standard InChI is InChI=1S/C7H8ClNO2/c8-7-2-1-6(10)3-5(7)4-9-11/h1-3,9-11H,4H2. The molecule has 0 radical (unpaired) electrons. The largest absolute Gasteiger partial charge is 0.508 e. The molecular formula is C7H8ClNO2. The number of hydroxylamine groups is 1. The molecule has 0 aliphatic heterocycles. The van der Waals surface area contributed by atoms with Gasteiger partial charge in [0.2, 0.25) is 0 Å². The van der Waals surface area contributed by atoms with Gasteiger partial charge in [-0.15, -0.1) is 0 Å². The first kappa shape index (κ1) is 8.33. The van der Waals surface area contributed by atoms with Gasteiger partial charge >= 0.3 is 0 Å². The Morgan fingerprint density at radius 1 is 1.45 bits per heavy atom. The molecule has 3 N–H and O–H groups in total. The summed E-state index contributed by atoms with van der Waals surface area (Å²) in [6, 6.07) is 4.55. The first-order chi connectivity index (χ1) is 5.24. The third kappa shape index (κ3) is 2.08. The number of phenols is 1. The summed E-state index contributed by atoms with van der Waals surface area (Å²) in [7, 11) is 0. The van der Waals surface area contributed by atoms with Crippen LogP contribution in [0.2, 0.25) is 5.02 Å². The average molecular weight is 174 g/mol. The summed E-state index contributed by atoms with van der Waals surface area (Å²) in [5.74, 6) is 0.139. The number of nitrogens with one attached hydrogen (secondary N) is 1. The molecular weight excluding hydrogens is 166 g/mol. The second kappa shape index (κ2) is 3.57. The van der Waals surface area contributed by atoms with Crippen LogP contribution >= 0.6 is 11.6 Å². The van der Waals surface area contributed by atoms with Crippen LogP contribution in [0.3, 0.4) is 0 Å². The number of hydrogen-bond acceptors (Lipinski definition) is 3. The highest BCUT2D eigenvalue weighted by molar-refractivity contribution is 6.31. The van der Waals surface area contributed by atoms with E-state index < -0.39 is 0 Å². The molecule has 0 heterocycles. The summed E-state index contributed by atoms with van der Waals surface area (Å²) in [5, 5.41) is 17.9. The van der Waals surface area contributed by atoms with Crippen LogP contribution < -0.4 is 5.48 Å². The van der Waals surface area contributed by atoms with E-state index in [0.29, 0.717) is 10.6 Å². The molecule has 0 amide bonds. The lowest BCUT2D eigenvalue weighted by Crippen LogP contribution is -2.06. The van der Waals surface area contributed by atoms with E-state index in [1.165, 1.54) is 12.1 Å². The van der Waals surface area contributed by atoms with Gasteiger partial charge in [-0.2, -0.15) is 0 Å². The molecule has 3 nitrogen and oxygen atoms in total. The van der Waals surface area contributed by atoms with E-state index in [1.807, 2.05) is 5.48 Å². The summed E-state index contributed by atoms with van der Waals surface area (Å²) in [6.45, 7) is 0.229. The van der Waals surface area contributed by atoms with Crippen LogP contribution in [-0.2, 0) is 6.54 Å². The monoisotopic (exact) mass is 173 g/mol. The Balaban J connectivity index is 2.93. The SMILES string of the molecule is ONCc1cc(O)ccc1Cl. The minimum atomic E-state index is 0.139. The summed E-state index contributed by atoms with van der Waals surface area (Å²) in [4.78, 5) is 0. The van der Waals surface area contributed by atoms with Crippen LogP contribution in [0, 0.1) is 0 Å². The Morgan fingerprint density at radius 3 is 2.82 bits per heavy atom. The third-order valence-corrected chi connectivity index (χ3v) is 1.67. The van der Waals surface area contributed by atoms with E-state index in [4.69, 9.17) is 21.9 Å². The summed E-state index contributed by atoms with van der Waals surface area (Å²) >= 11 is 5.71. The van der Waals surface area contributed by atoms with Crippen molar-refractivity contribution in [3.8, 4) is 5.75 Å². The molecule has 0 atom stereocenters. The van der Waals surface area contributed by atoms with Crippen LogP contribution in [0.5, 0.6) is 5.75 Å². The minimum Gasteiger partial charge on any atom is -0.508 e. The van der Waals surface area contributed by atoms with Crippen LogP contribution in [-0.4, -0.2) is 10.3 Å². The van der Waals surface area contributed by atoms with Crippen LogP contribution in [0.15, 0.2) is 18.2 Å². The molecule has 1 aromatic rings. The maximum absolute atomic E-state index is 9.00. The van der Waals surface area contributed by atoms with Gasteiger partial charge in [-0.1, -0.05) is 11.6 Å². The van der Waals surface area contributed by atoms with Gasteiger partial charge in [-0.05, 0) is 23.8 Å². The molecule has 4 heteroatoms. The Labute approximate surface area is 69.2 Å². The number of rotatable bonds is 2. The summed E-state index contributed by atoms with van der Waals surface area (Å²) in [5.41, 5.74) is 2.62. The smallest absolute Gasteiger partial charge is 0.116 e. The normalized spacial score (nSPS) is 10.0. The number of aromatic hydroxyl groups is 1. The summed E-state index contributed by atoms with van der Waals surface area (Å²) < 4.78 is 0. The molecule has 11 heavy (non-hydrogen) atoms. The molecule has 1 rings (SSSR count). The molecule has 0 unspecified atom stereocenters. The van der Waals surface area contributed by atoms with Gasteiger partial charge in [0.15, 0.2) is 0 Å². The topological polar surface area (TPSA) is 52.5 Å². The highest BCUT2D eigenvalue weighted by atomic mass is 35.5. The number of phenolic OH excluding ortho intramolecular Hbond substituents is 1. The Hall–Kier alpha value is -0.770. The second-order valence-corrected chi connectivity index (χ2v) is 2.52. The van der Waals surface area contributed by atoms with Gasteiger partial charge in [0, 0.05) is 11.6 Å². The zero-order valence-electron chi connectivity index (χ0n) is 5.71. The van der Waals surface area contributed by atoms with Crippen molar-refractivity contribution in [2.45, 2.75) is 6.54 Å². The minimum absolute atomic E-state index is 0.139. The van der Waals surface area contributed by atoms with Gasteiger partial charge in [0.1, 0.15) is 5.75 Å². The van der Waals surface area contributed by atoms with Crippen molar-refractivity contribution >= 4 is 11.6 Å². The second-order valence-electron chi connectivity index (χ2n) is 2.11.